The van der Waals surface area contributed by atoms with Crippen molar-refractivity contribution in [1.82, 2.24) is 15.2 Å². The fourth-order valence-corrected chi connectivity index (χ4v) is 4.88. The molecule has 0 saturated carbocycles. The summed E-state index contributed by atoms with van der Waals surface area (Å²) < 4.78 is 13.8. The Morgan fingerprint density at radius 3 is 2.47 bits per heavy atom. The van der Waals surface area contributed by atoms with Gasteiger partial charge in [0.15, 0.2) is 0 Å². The average Bonchev–Trinajstić information content (AvgIpc) is 3.37. The molecular weight excluding hydrogens is 423 g/mol. The highest BCUT2D eigenvalue weighted by atomic mass is 32.1. The number of amides is 1. The number of hydrogen-bond acceptors (Lipinski definition) is 5. The van der Waals surface area contributed by atoms with Gasteiger partial charge in [-0.15, -0.1) is 11.3 Å². The minimum absolute atomic E-state index is 0.0495. The van der Waals surface area contributed by atoms with Crippen LogP contribution < -0.4 is 10.2 Å². The van der Waals surface area contributed by atoms with E-state index in [-0.39, 0.29) is 17.9 Å². The van der Waals surface area contributed by atoms with E-state index in [4.69, 9.17) is 0 Å². The normalized spacial score (nSPS) is 16.4. The Labute approximate surface area is 192 Å². The highest BCUT2D eigenvalue weighted by molar-refractivity contribution is 7.07. The van der Waals surface area contributed by atoms with Gasteiger partial charge in [-0.05, 0) is 56.1 Å². The molecular formula is C25H29FN4OS. The maximum atomic E-state index is 14.1. The smallest absolute Gasteiger partial charge is 0.246 e. The zero-order chi connectivity index (χ0) is 22.3. The second-order valence-corrected chi connectivity index (χ2v) is 8.82. The third-order valence-electron chi connectivity index (χ3n) is 5.97. The number of piperidine rings is 1. The van der Waals surface area contributed by atoms with Gasteiger partial charge in [-0.2, -0.15) is 0 Å². The third-order valence-corrected chi connectivity index (χ3v) is 6.57. The van der Waals surface area contributed by atoms with Gasteiger partial charge in [0.25, 0.3) is 0 Å². The Hall–Kier alpha value is -2.61. The molecule has 1 aliphatic rings. The van der Waals surface area contributed by atoms with Crippen LogP contribution in [0.5, 0.6) is 0 Å². The molecule has 3 aromatic rings. The van der Waals surface area contributed by atoms with Gasteiger partial charge >= 0.3 is 0 Å². The molecule has 0 radical (unpaired) electrons. The lowest BCUT2D eigenvalue weighted by atomic mass is 10.0. The van der Waals surface area contributed by atoms with E-state index in [0.29, 0.717) is 12.1 Å². The summed E-state index contributed by atoms with van der Waals surface area (Å²) in [4.78, 5) is 22.8. The highest BCUT2D eigenvalue weighted by Gasteiger charge is 2.36. The van der Waals surface area contributed by atoms with Gasteiger partial charge in [0.2, 0.25) is 5.91 Å². The minimum Gasteiger partial charge on any atom is -0.309 e. The maximum Gasteiger partial charge on any atom is 0.246 e. The lowest BCUT2D eigenvalue weighted by Gasteiger charge is -2.42. The van der Waals surface area contributed by atoms with E-state index in [0.717, 1.165) is 37.2 Å². The quantitative estimate of drug-likeness (QED) is 0.541. The summed E-state index contributed by atoms with van der Waals surface area (Å²) in [5, 5.41) is 5.22. The summed E-state index contributed by atoms with van der Waals surface area (Å²) in [5.41, 5.74) is 4.42. The summed E-state index contributed by atoms with van der Waals surface area (Å²) >= 11 is 1.52. The SMILES string of the molecule is CNC(Cc1ccccc1)C(=O)N(c1ccc(F)cc1)C(c1cscn1)N1CCCCC1. The first-order chi connectivity index (χ1) is 15.7. The molecule has 2 heterocycles. The van der Waals surface area contributed by atoms with Crippen molar-refractivity contribution in [3.63, 3.8) is 0 Å². The number of nitrogens with zero attached hydrogens (tertiary/aromatic N) is 3. The van der Waals surface area contributed by atoms with Crippen LogP contribution in [0.1, 0.15) is 36.7 Å². The Morgan fingerprint density at radius 2 is 1.84 bits per heavy atom. The number of likely N-dealkylation sites (tertiary alicyclic amines) is 1. The molecule has 0 spiro atoms. The number of carbonyl (C=O) groups excluding carboxylic acids is 1. The molecule has 168 valence electrons. The molecule has 1 saturated heterocycles. The number of likely N-dealkylation sites (N-methyl/N-ethyl adjacent to an activating group) is 1. The number of aromatic nitrogens is 1. The summed E-state index contributed by atoms with van der Waals surface area (Å²) in [5.74, 6) is -0.370. The molecule has 1 fully saturated rings. The molecule has 7 heteroatoms. The zero-order valence-corrected chi connectivity index (χ0v) is 19.1. The van der Waals surface area contributed by atoms with Crippen molar-refractivity contribution in [3.8, 4) is 0 Å². The van der Waals surface area contributed by atoms with Crippen LogP contribution in [-0.4, -0.2) is 42.0 Å². The van der Waals surface area contributed by atoms with Gasteiger partial charge in [-0.25, -0.2) is 9.37 Å². The highest BCUT2D eigenvalue weighted by Crippen LogP contribution is 2.33. The van der Waals surface area contributed by atoms with E-state index in [1.165, 1.54) is 29.9 Å². The standard InChI is InChI=1S/C25H29FN4OS/c1-27-22(16-19-8-4-2-5-9-19)25(31)30(21-12-10-20(26)11-13-21)24(23-17-32-18-28-23)29-14-6-3-7-15-29/h2,4-5,8-13,17-18,22,24,27H,3,6-7,14-16H2,1H3. The predicted octanol–water partition coefficient (Wildman–Crippen LogP) is 4.63. The zero-order valence-electron chi connectivity index (χ0n) is 18.3. The summed E-state index contributed by atoms with van der Waals surface area (Å²) in [6.45, 7) is 1.80. The minimum atomic E-state index is -0.423. The second-order valence-electron chi connectivity index (χ2n) is 8.10. The van der Waals surface area contributed by atoms with Crippen molar-refractivity contribution in [2.75, 3.05) is 25.0 Å². The molecule has 0 bridgehead atoms. The number of nitrogens with one attached hydrogen (secondary N) is 1. The summed E-state index contributed by atoms with van der Waals surface area (Å²) in [7, 11) is 1.81. The summed E-state index contributed by atoms with van der Waals surface area (Å²) in [6, 6.07) is 15.8. The Morgan fingerprint density at radius 1 is 1.12 bits per heavy atom. The number of benzene rings is 2. The van der Waals surface area contributed by atoms with E-state index in [2.05, 4.69) is 15.2 Å². The fraction of sp³-hybridized carbons (Fsp3) is 0.360. The average molecular weight is 453 g/mol. The molecule has 2 atom stereocenters. The molecule has 32 heavy (non-hydrogen) atoms. The Balaban J connectivity index is 1.74. The van der Waals surface area contributed by atoms with Crippen molar-refractivity contribution in [1.29, 1.82) is 0 Å². The van der Waals surface area contributed by atoms with Gasteiger partial charge < -0.3 is 5.32 Å². The third kappa shape index (κ3) is 5.23. The van der Waals surface area contributed by atoms with Crippen molar-refractivity contribution in [2.24, 2.45) is 0 Å². The van der Waals surface area contributed by atoms with E-state index in [9.17, 15) is 9.18 Å². The van der Waals surface area contributed by atoms with Gasteiger partial charge in [0, 0.05) is 24.2 Å². The Bertz CT molecular complexity index is 975. The van der Waals surface area contributed by atoms with E-state index < -0.39 is 6.04 Å². The number of rotatable bonds is 8. The number of anilines is 1. The second kappa shape index (κ2) is 10.8. The molecule has 2 aromatic carbocycles. The van der Waals surface area contributed by atoms with Crippen LogP contribution in [0.4, 0.5) is 10.1 Å². The number of carbonyl (C=O) groups is 1. The van der Waals surface area contributed by atoms with Crippen molar-refractivity contribution in [2.45, 2.75) is 37.9 Å². The van der Waals surface area contributed by atoms with E-state index in [1.807, 2.05) is 47.7 Å². The lowest BCUT2D eigenvalue weighted by molar-refractivity contribution is -0.122. The van der Waals surface area contributed by atoms with E-state index in [1.54, 1.807) is 17.6 Å². The number of hydrogen-bond donors (Lipinski definition) is 1. The van der Waals surface area contributed by atoms with Gasteiger partial charge in [-0.3, -0.25) is 14.6 Å². The topological polar surface area (TPSA) is 48.5 Å². The van der Waals surface area contributed by atoms with Crippen LogP contribution in [0.15, 0.2) is 65.5 Å². The monoisotopic (exact) mass is 452 g/mol. The molecule has 1 amide bonds. The number of thiazole rings is 1. The molecule has 2 unspecified atom stereocenters. The molecule has 4 rings (SSSR count). The van der Waals surface area contributed by atoms with Crippen LogP contribution in [-0.2, 0) is 11.2 Å². The first-order valence-electron chi connectivity index (χ1n) is 11.1. The molecule has 1 N–H and O–H groups in total. The molecule has 0 aliphatic carbocycles. The predicted molar refractivity (Wildman–Crippen MR) is 127 cm³/mol. The van der Waals surface area contributed by atoms with Crippen LogP contribution in [0.25, 0.3) is 0 Å². The lowest BCUT2D eigenvalue weighted by Crippen LogP contribution is -2.53. The Kier molecular flexibility index (Phi) is 7.63. The van der Waals surface area contributed by atoms with Crippen molar-refractivity contribution in [3.05, 3.63) is 82.6 Å². The van der Waals surface area contributed by atoms with Crippen LogP contribution in [0, 0.1) is 5.82 Å². The first-order valence-corrected chi connectivity index (χ1v) is 12.0. The summed E-state index contributed by atoms with van der Waals surface area (Å²) in [6.07, 6.45) is 3.61. The van der Waals surface area contributed by atoms with E-state index >= 15 is 0 Å². The van der Waals surface area contributed by atoms with Gasteiger partial charge in [-0.1, -0.05) is 36.8 Å². The van der Waals surface area contributed by atoms with Gasteiger partial charge in [0.05, 0.1) is 17.2 Å². The molecule has 1 aromatic heterocycles. The maximum absolute atomic E-state index is 14.1. The fourth-order valence-electron chi connectivity index (χ4n) is 4.32. The first kappa shape index (κ1) is 22.6. The number of halogens is 1. The molecule has 1 aliphatic heterocycles. The van der Waals surface area contributed by atoms with Gasteiger partial charge in [0.1, 0.15) is 12.0 Å². The van der Waals surface area contributed by atoms with Crippen LogP contribution >= 0.6 is 11.3 Å². The van der Waals surface area contributed by atoms with Crippen LogP contribution in [0.2, 0.25) is 0 Å². The van der Waals surface area contributed by atoms with Crippen molar-refractivity contribution < 1.29 is 9.18 Å². The van der Waals surface area contributed by atoms with Crippen molar-refractivity contribution >= 4 is 22.9 Å². The molecule has 5 nitrogen and oxygen atoms in total. The largest absolute Gasteiger partial charge is 0.309 e. The van der Waals surface area contributed by atoms with Crippen LogP contribution in [0.3, 0.4) is 0 Å².